The van der Waals surface area contributed by atoms with Crippen molar-refractivity contribution in [3.05, 3.63) is 53.5 Å². The maximum absolute atomic E-state index is 9.06. The lowest BCUT2D eigenvalue weighted by molar-refractivity contribution is 0.276. The summed E-state index contributed by atoms with van der Waals surface area (Å²) >= 11 is 0. The SMILES string of the molecule is Cc1ccccc1CN1CCCN(c2cnc(CO)cn2)CC1. The van der Waals surface area contributed by atoms with Crippen molar-refractivity contribution in [3.8, 4) is 0 Å². The number of hydrogen-bond acceptors (Lipinski definition) is 5. The second kappa shape index (κ2) is 7.53. The van der Waals surface area contributed by atoms with Crippen molar-refractivity contribution < 1.29 is 5.11 Å². The van der Waals surface area contributed by atoms with Crippen LogP contribution < -0.4 is 4.90 Å². The van der Waals surface area contributed by atoms with Gasteiger partial charge < -0.3 is 10.0 Å². The summed E-state index contributed by atoms with van der Waals surface area (Å²) in [5.74, 6) is 0.903. The molecule has 1 N–H and O–H groups in total. The van der Waals surface area contributed by atoms with Gasteiger partial charge in [-0.2, -0.15) is 0 Å². The maximum atomic E-state index is 9.06. The predicted molar refractivity (Wildman–Crippen MR) is 91.2 cm³/mol. The number of nitrogens with zero attached hydrogens (tertiary/aromatic N) is 4. The second-order valence-electron chi connectivity index (χ2n) is 6.07. The number of aliphatic hydroxyl groups excluding tert-OH is 1. The van der Waals surface area contributed by atoms with Crippen molar-refractivity contribution in [1.29, 1.82) is 0 Å². The van der Waals surface area contributed by atoms with Gasteiger partial charge in [0.25, 0.3) is 0 Å². The first-order chi connectivity index (χ1) is 11.3. The first-order valence-corrected chi connectivity index (χ1v) is 8.20. The molecule has 0 radical (unpaired) electrons. The van der Waals surface area contributed by atoms with E-state index in [1.54, 1.807) is 12.4 Å². The van der Waals surface area contributed by atoms with Gasteiger partial charge in [-0.25, -0.2) is 4.98 Å². The summed E-state index contributed by atoms with van der Waals surface area (Å²) in [7, 11) is 0. The fraction of sp³-hybridized carbons (Fsp3) is 0.444. The highest BCUT2D eigenvalue weighted by Gasteiger charge is 2.16. The third-order valence-corrected chi connectivity index (χ3v) is 4.42. The number of anilines is 1. The normalized spacial score (nSPS) is 16.3. The molecule has 0 atom stereocenters. The number of benzene rings is 1. The van der Waals surface area contributed by atoms with Crippen LogP contribution >= 0.6 is 0 Å². The van der Waals surface area contributed by atoms with Crippen LogP contribution in [0.4, 0.5) is 5.82 Å². The molecule has 1 aliphatic heterocycles. The quantitative estimate of drug-likeness (QED) is 0.936. The molecule has 5 heteroatoms. The molecule has 2 heterocycles. The molecule has 0 unspecified atom stereocenters. The van der Waals surface area contributed by atoms with Gasteiger partial charge in [0, 0.05) is 32.7 Å². The van der Waals surface area contributed by atoms with Gasteiger partial charge in [0.15, 0.2) is 0 Å². The molecular weight excluding hydrogens is 288 g/mol. The summed E-state index contributed by atoms with van der Waals surface area (Å²) in [4.78, 5) is 13.5. The Kier molecular flexibility index (Phi) is 5.20. The minimum atomic E-state index is -0.0581. The van der Waals surface area contributed by atoms with Gasteiger partial charge in [-0.05, 0) is 24.5 Å². The molecule has 0 saturated carbocycles. The van der Waals surface area contributed by atoms with Crippen molar-refractivity contribution in [1.82, 2.24) is 14.9 Å². The zero-order chi connectivity index (χ0) is 16.1. The highest BCUT2D eigenvalue weighted by Crippen LogP contribution is 2.16. The van der Waals surface area contributed by atoms with Crippen molar-refractivity contribution >= 4 is 5.82 Å². The number of hydrogen-bond donors (Lipinski definition) is 1. The lowest BCUT2D eigenvalue weighted by atomic mass is 10.1. The summed E-state index contributed by atoms with van der Waals surface area (Å²) in [5, 5.41) is 9.06. The number of aromatic nitrogens is 2. The van der Waals surface area contributed by atoms with Crippen LogP contribution in [0, 0.1) is 6.92 Å². The Balaban J connectivity index is 1.61. The van der Waals surface area contributed by atoms with Crippen molar-refractivity contribution in [2.45, 2.75) is 26.5 Å². The molecule has 23 heavy (non-hydrogen) atoms. The smallest absolute Gasteiger partial charge is 0.147 e. The first-order valence-electron chi connectivity index (χ1n) is 8.20. The molecule has 1 fully saturated rings. The molecule has 1 saturated heterocycles. The van der Waals surface area contributed by atoms with Crippen LogP contribution in [-0.4, -0.2) is 46.2 Å². The number of aryl methyl sites for hydroxylation is 1. The van der Waals surface area contributed by atoms with E-state index in [1.807, 2.05) is 0 Å². The minimum absolute atomic E-state index is 0.0581. The predicted octanol–water partition coefficient (Wildman–Crippen LogP) is 1.99. The summed E-state index contributed by atoms with van der Waals surface area (Å²) in [6.45, 7) is 7.21. The second-order valence-corrected chi connectivity index (χ2v) is 6.07. The Labute approximate surface area is 137 Å². The summed E-state index contributed by atoms with van der Waals surface area (Å²) < 4.78 is 0. The van der Waals surface area contributed by atoms with E-state index in [-0.39, 0.29) is 6.61 Å². The van der Waals surface area contributed by atoms with Gasteiger partial charge in [0.05, 0.1) is 24.7 Å². The zero-order valence-electron chi connectivity index (χ0n) is 13.6. The molecule has 3 rings (SSSR count). The van der Waals surface area contributed by atoms with E-state index in [0.29, 0.717) is 5.69 Å². The molecule has 1 aromatic heterocycles. The zero-order valence-corrected chi connectivity index (χ0v) is 13.6. The Hall–Kier alpha value is -1.98. The highest BCUT2D eigenvalue weighted by atomic mass is 16.3. The monoisotopic (exact) mass is 312 g/mol. The van der Waals surface area contributed by atoms with E-state index in [0.717, 1.165) is 45.0 Å². The van der Waals surface area contributed by atoms with Crippen LogP contribution in [0.3, 0.4) is 0 Å². The average molecular weight is 312 g/mol. The van der Waals surface area contributed by atoms with Gasteiger partial charge in [0.1, 0.15) is 5.82 Å². The molecule has 2 aromatic rings. The van der Waals surface area contributed by atoms with Crippen LogP contribution in [0.15, 0.2) is 36.7 Å². The molecule has 5 nitrogen and oxygen atoms in total. The average Bonchev–Trinajstić information content (AvgIpc) is 2.83. The molecule has 122 valence electrons. The van der Waals surface area contributed by atoms with Crippen LogP contribution in [0.1, 0.15) is 23.2 Å². The molecule has 0 spiro atoms. The van der Waals surface area contributed by atoms with E-state index in [9.17, 15) is 0 Å². The fourth-order valence-electron chi connectivity index (χ4n) is 2.98. The van der Waals surface area contributed by atoms with E-state index in [2.05, 4.69) is 51.0 Å². The molecule has 1 aromatic carbocycles. The Morgan fingerprint density at radius 1 is 1.04 bits per heavy atom. The lowest BCUT2D eigenvalue weighted by Gasteiger charge is -2.23. The van der Waals surface area contributed by atoms with Crippen molar-refractivity contribution in [2.75, 3.05) is 31.1 Å². The number of rotatable bonds is 4. The van der Waals surface area contributed by atoms with Crippen LogP contribution in [0.5, 0.6) is 0 Å². The largest absolute Gasteiger partial charge is 0.390 e. The van der Waals surface area contributed by atoms with E-state index < -0.39 is 0 Å². The topological polar surface area (TPSA) is 52.5 Å². The third kappa shape index (κ3) is 4.06. The van der Waals surface area contributed by atoms with Gasteiger partial charge >= 0.3 is 0 Å². The van der Waals surface area contributed by atoms with E-state index >= 15 is 0 Å². The van der Waals surface area contributed by atoms with Crippen molar-refractivity contribution in [2.24, 2.45) is 0 Å². The summed E-state index contributed by atoms with van der Waals surface area (Å²) in [6.07, 6.45) is 4.54. The first kappa shape index (κ1) is 15.9. The Morgan fingerprint density at radius 2 is 1.91 bits per heavy atom. The summed E-state index contributed by atoms with van der Waals surface area (Å²) in [5.41, 5.74) is 3.39. The minimum Gasteiger partial charge on any atom is -0.390 e. The molecule has 0 aliphatic carbocycles. The third-order valence-electron chi connectivity index (χ3n) is 4.42. The van der Waals surface area contributed by atoms with Gasteiger partial charge in [-0.1, -0.05) is 24.3 Å². The summed E-state index contributed by atoms with van der Waals surface area (Å²) in [6, 6.07) is 8.61. The number of aliphatic hydroxyl groups is 1. The molecule has 1 aliphatic rings. The fourth-order valence-corrected chi connectivity index (χ4v) is 2.98. The standard InChI is InChI=1S/C18H24N4O/c1-15-5-2-3-6-16(15)13-21-7-4-8-22(10-9-21)18-12-19-17(14-23)11-20-18/h2-3,5-6,11-12,23H,4,7-10,13-14H2,1H3. The van der Waals surface area contributed by atoms with Gasteiger partial charge in [0.2, 0.25) is 0 Å². The van der Waals surface area contributed by atoms with E-state index in [4.69, 9.17) is 5.11 Å². The molecule has 0 bridgehead atoms. The van der Waals surface area contributed by atoms with Gasteiger partial charge in [-0.3, -0.25) is 9.88 Å². The molecular formula is C18H24N4O. The van der Waals surface area contributed by atoms with E-state index in [1.165, 1.54) is 11.1 Å². The van der Waals surface area contributed by atoms with Crippen LogP contribution in [-0.2, 0) is 13.2 Å². The Morgan fingerprint density at radius 3 is 2.65 bits per heavy atom. The van der Waals surface area contributed by atoms with Crippen LogP contribution in [0.2, 0.25) is 0 Å². The van der Waals surface area contributed by atoms with Crippen LogP contribution in [0.25, 0.3) is 0 Å². The van der Waals surface area contributed by atoms with Crippen molar-refractivity contribution in [3.63, 3.8) is 0 Å². The molecule has 0 amide bonds. The maximum Gasteiger partial charge on any atom is 0.147 e. The highest BCUT2D eigenvalue weighted by molar-refractivity contribution is 5.36. The lowest BCUT2D eigenvalue weighted by Crippen LogP contribution is -2.31. The Bertz CT molecular complexity index is 629. The van der Waals surface area contributed by atoms with Gasteiger partial charge in [-0.15, -0.1) is 0 Å².